The molecule has 0 fully saturated rings. The monoisotopic (exact) mass is 363 g/mol. The number of benzene rings is 1. The third-order valence-electron chi connectivity index (χ3n) is 4.17. The normalized spacial score (nSPS) is 14.3. The van der Waals surface area contributed by atoms with Gasteiger partial charge in [-0.1, -0.05) is 18.2 Å². The number of ether oxygens (including phenoxy) is 1. The summed E-state index contributed by atoms with van der Waals surface area (Å²) in [7, 11) is 0. The SMILES string of the molecule is Cc1occc(=O)c1OCC1=CC(n2nc3ccccc3n2)=C(O)C=CC1. The van der Waals surface area contributed by atoms with E-state index in [0.29, 0.717) is 17.9 Å². The van der Waals surface area contributed by atoms with E-state index >= 15 is 0 Å². The molecule has 0 amide bonds. The predicted molar refractivity (Wildman–Crippen MR) is 100 cm³/mol. The van der Waals surface area contributed by atoms with Gasteiger partial charge in [0.25, 0.3) is 0 Å². The number of aryl methyl sites for hydroxylation is 1. The van der Waals surface area contributed by atoms with Crippen molar-refractivity contribution in [1.82, 2.24) is 15.0 Å². The molecule has 0 bridgehead atoms. The molecular formula is C20H17N3O4. The molecule has 0 radical (unpaired) electrons. The zero-order chi connectivity index (χ0) is 18.8. The molecule has 0 saturated heterocycles. The van der Waals surface area contributed by atoms with E-state index in [4.69, 9.17) is 9.15 Å². The fourth-order valence-electron chi connectivity index (χ4n) is 2.80. The number of hydrogen-bond acceptors (Lipinski definition) is 6. The fourth-order valence-corrected chi connectivity index (χ4v) is 2.80. The Balaban J connectivity index is 1.65. The highest BCUT2D eigenvalue weighted by Crippen LogP contribution is 2.22. The summed E-state index contributed by atoms with van der Waals surface area (Å²) >= 11 is 0. The average molecular weight is 363 g/mol. The van der Waals surface area contributed by atoms with Gasteiger partial charge in [0.1, 0.15) is 34.9 Å². The van der Waals surface area contributed by atoms with Crippen molar-refractivity contribution in [2.45, 2.75) is 13.3 Å². The minimum absolute atomic E-state index is 0.0562. The Morgan fingerprint density at radius 2 is 1.96 bits per heavy atom. The van der Waals surface area contributed by atoms with Crippen LogP contribution < -0.4 is 10.2 Å². The zero-order valence-electron chi connectivity index (χ0n) is 14.6. The zero-order valence-corrected chi connectivity index (χ0v) is 14.6. The van der Waals surface area contributed by atoms with Crippen molar-refractivity contribution in [2.75, 3.05) is 6.61 Å². The topological polar surface area (TPSA) is 90.4 Å². The molecular weight excluding hydrogens is 346 g/mol. The molecule has 7 nitrogen and oxygen atoms in total. The second-order valence-electron chi connectivity index (χ2n) is 6.12. The average Bonchev–Trinajstić information content (AvgIpc) is 2.99. The number of rotatable bonds is 4. The molecule has 0 spiro atoms. The van der Waals surface area contributed by atoms with Gasteiger partial charge >= 0.3 is 0 Å². The number of aliphatic hydroxyl groups is 1. The summed E-state index contributed by atoms with van der Waals surface area (Å²) in [4.78, 5) is 13.3. The maximum Gasteiger partial charge on any atom is 0.227 e. The van der Waals surface area contributed by atoms with Gasteiger partial charge < -0.3 is 14.3 Å². The van der Waals surface area contributed by atoms with Crippen LogP contribution in [0, 0.1) is 6.92 Å². The number of nitrogens with zero attached hydrogens (tertiary/aromatic N) is 3. The molecule has 0 aliphatic heterocycles. The van der Waals surface area contributed by atoms with Crippen LogP contribution in [0.15, 0.2) is 75.4 Å². The standard InChI is InChI=1S/C20H17N3O4/c1-13-20(19(25)9-10-26-13)27-12-14-5-4-8-18(24)17(11-14)23-21-15-6-2-3-7-16(15)22-23/h2-4,6-11,24H,5,12H2,1H3. The van der Waals surface area contributed by atoms with Crippen LogP contribution in [0.4, 0.5) is 0 Å². The minimum atomic E-state index is -0.234. The lowest BCUT2D eigenvalue weighted by Gasteiger charge is -2.09. The Morgan fingerprint density at radius 1 is 1.22 bits per heavy atom. The van der Waals surface area contributed by atoms with Gasteiger partial charge in [0, 0.05) is 6.07 Å². The maximum atomic E-state index is 11.9. The summed E-state index contributed by atoms with van der Waals surface area (Å²) in [5, 5.41) is 19.2. The van der Waals surface area contributed by atoms with Crippen molar-refractivity contribution in [2.24, 2.45) is 0 Å². The molecule has 1 aliphatic carbocycles. The van der Waals surface area contributed by atoms with Gasteiger partial charge in [0.05, 0.1) is 6.26 Å². The van der Waals surface area contributed by atoms with Gasteiger partial charge in [-0.15, -0.1) is 15.0 Å². The van der Waals surface area contributed by atoms with E-state index in [9.17, 15) is 9.90 Å². The minimum Gasteiger partial charge on any atom is -0.506 e. The summed E-state index contributed by atoms with van der Waals surface area (Å²) < 4.78 is 10.9. The van der Waals surface area contributed by atoms with E-state index in [1.807, 2.05) is 30.3 Å². The second kappa shape index (κ2) is 6.95. The van der Waals surface area contributed by atoms with Crippen LogP contribution in [0.2, 0.25) is 0 Å². The van der Waals surface area contributed by atoms with Crippen LogP contribution in [-0.2, 0) is 0 Å². The van der Waals surface area contributed by atoms with Crippen molar-refractivity contribution in [3.63, 3.8) is 0 Å². The molecule has 0 unspecified atom stereocenters. The van der Waals surface area contributed by atoms with Crippen molar-refractivity contribution >= 4 is 16.7 Å². The third-order valence-corrected chi connectivity index (χ3v) is 4.17. The van der Waals surface area contributed by atoms with Crippen molar-refractivity contribution in [1.29, 1.82) is 0 Å². The van der Waals surface area contributed by atoms with Crippen LogP contribution in [0.5, 0.6) is 5.75 Å². The Morgan fingerprint density at radius 3 is 2.67 bits per heavy atom. The summed E-state index contributed by atoms with van der Waals surface area (Å²) in [6, 6.07) is 8.79. The molecule has 1 aliphatic rings. The number of allylic oxidation sites excluding steroid dienone is 4. The lowest BCUT2D eigenvalue weighted by Crippen LogP contribution is -2.11. The molecule has 2 heterocycles. The van der Waals surface area contributed by atoms with Crippen LogP contribution in [0.1, 0.15) is 12.2 Å². The van der Waals surface area contributed by atoms with Gasteiger partial charge in [-0.3, -0.25) is 4.79 Å². The van der Waals surface area contributed by atoms with Crippen molar-refractivity contribution in [3.05, 3.63) is 82.1 Å². The van der Waals surface area contributed by atoms with E-state index in [0.717, 1.165) is 16.6 Å². The number of aromatic nitrogens is 3. The fraction of sp³-hybridized carbons (Fsp3) is 0.150. The second-order valence-corrected chi connectivity index (χ2v) is 6.12. The first-order valence-electron chi connectivity index (χ1n) is 8.45. The smallest absolute Gasteiger partial charge is 0.227 e. The Labute approximate surface area is 154 Å². The molecule has 2 aromatic heterocycles. The summed E-state index contributed by atoms with van der Waals surface area (Å²) in [6.45, 7) is 1.85. The maximum absolute atomic E-state index is 11.9. The molecule has 4 rings (SSSR count). The first-order chi connectivity index (χ1) is 13.1. The van der Waals surface area contributed by atoms with Gasteiger partial charge in [-0.05, 0) is 43.2 Å². The third kappa shape index (κ3) is 3.39. The quantitative estimate of drug-likeness (QED) is 0.764. The highest BCUT2D eigenvalue weighted by Gasteiger charge is 2.14. The molecule has 0 saturated carbocycles. The first-order valence-corrected chi connectivity index (χ1v) is 8.45. The highest BCUT2D eigenvalue weighted by atomic mass is 16.5. The predicted octanol–water partition coefficient (Wildman–Crippen LogP) is 3.38. The molecule has 136 valence electrons. The summed E-state index contributed by atoms with van der Waals surface area (Å²) in [5.74, 6) is 0.663. The molecule has 1 N–H and O–H groups in total. The summed E-state index contributed by atoms with van der Waals surface area (Å²) in [5.41, 5.74) is 2.52. The van der Waals surface area contributed by atoms with Crippen LogP contribution in [-0.4, -0.2) is 26.7 Å². The van der Waals surface area contributed by atoms with Crippen molar-refractivity contribution in [3.8, 4) is 5.75 Å². The number of hydrogen-bond donors (Lipinski definition) is 1. The Bertz CT molecular complexity index is 1120. The summed E-state index contributed by atoms with van der Waals surface area (Å²) in [6.07, 6.45) is 7.10. The van der Waals surface area contributed by atoms with Crippen molar-refractivity contribution < 1.29 is 14.3 Å². The van der Waals surface area contributed by atoms with Crippen LogP contribution >= 0.6 is 0 Å². The molecule has 1 aromatic carbocycles. The molecule has 3 aromatic rings. The Kier molecular flexibility index (Phi) is 4.33. The highest BCUT2D eigenvalue weighted by molar-refractivity contribution is 5.75. The van der Waals surface area contributed by atoms with E-state index in [1.54, 1.807) is 19.1 Å². The van der Waals surface area contributed by atoms with Gasteiger partial charge in [0.15, 0.2) is 0 Å². The lowest BCUT2D eigenvalue weighted by molar-refractivity contribution is 0.324. The molecule has 0 atom stereocenters. The van der Waals surface area contributed by atoms with E-state index in [2.05, 4.69) is 10.2 Å². The number of fused-ring (bicyclic) bond motifs is 1. The van der Waals surface area contributed by atoms with Gasteiger partial charge in [0.2, 0.25) is 11.2 Å². The first kappa shape index (κ1) is 16.8. The van der Waals surface area contributed by atoms with Gasteiger partial charge in [-0.25, -0.2) is 0 Å². The van der Waals surface area contributed by atoms with Crippen LogP contribution in [0.3, 0.4) is 0 Å². The van der Waals surface area contributed by atoms with Gasteiger partial charge in [-0.2, -0.15) is 0 Å². The largest absolute Gasteiger partial charge is 0.506 e. The van der Waals surface area contributed by atoms with E-state index in [1.165, 1.54) is 17.1 Å². The molecule has 7 heteroatoms. The van der Waals surface area contributed by atoms with Crippen LogP contribution in [0.25, 0.3) is 16.7 Å². The van der Waals surface area contributed by atoms with E-state index in [-0.39, 0.29) is 23.5 Å². The number of aliphatic hydroxyl groups excluding tert-OH is 1. The molecule has 27 heavy (non-hydrogen) atoms. The lowest BCUT2D eigenvalue weighted by atomic mass is 10.2. The van der Waals surface area contributed by atoms with E-state index < -0.39 is 0 Å². The Hall–Kier alpha value is -3.61.